The van der Waals surface area contributed by atoms with Gasteiger partial charge in [0.2, 0.25) is 5.72 Å². The molecule has 4 rings (SSSR count). The third-order valence-corrected chi connectivity index (χ3v) is 6.21. The second kappa shape index (κ2) is 5.80. The molecule has 136 valence electrons. The molecule has 0 bridgehead atoms. The number of benzene rings is 2. The molecule has 0 amide bonds. The number of anilines is 2. The second-order valence-electron chi connectivity index (χ2n) is 7.73. The van der Waals surface area contributed by atoms with E-state index in [1.807, 2.05) is 0 Å². The first-order valence-electron chi connectivity index (χ1n) is 9.55. The van der Waals surface area contributed by atoms with Crippen LogP contribution in [-0.4, -0.2) is 25.9 Å². The molecule has 2 aromatic rings. The summed E-state index contributed by atoms with van der Waals surface area (Å²) in [6.07, 6.45) is 4.45. The van der Waals surface area contributed by atoms with E-state index in [2.05, 4.69) is 99.2 Å². The fraction of sp³-hybridized carbons (Fsp3) is 0.391. The molecule has 0 saturated heterocycles. The number of hydrogen-bond donors (Lipinski definition) is 0. The molecule has 1 atom stereocenters. The van der Waals surface area contributed by atoms with Gasteiger partial charge in [-0.2, -0.15) is 0 Å². The molecular weight excluding hydrogens is 320 g/mol. The van der Waals surface area contributed by atoms with Gasteiger partial charge in [0.15, 0.2) is 0 Å². The molecule has 0 N–H and O–H groups in total. The van der Waals surface area contributed by atoms with Gasteiger partial charge < -0.3 is 14.5 Å². The van der Waals surface area contributed by atoms with Crippen molar-refractivity contribution in [3.8, 4) is 5.75 Å². The minimum absolute atomic E-state index is 0.155. The standard InChI is InChI=1S/C23H28N2O/c1-6-25(7-2)18-13-12-17-14-15-23(26-21(17)16-18)22(3,4)19-10-8-9-11-20(19)24(23)5/h8-16H,6-7H2,1-5H3/t23-/m0/s1. The molecule has 26 heavy (non-hydrogen) atoms. The average Bonchev–Trinajstić information content (AvgIpc) is 2.82. The Hall–Kier alpha value is -2.42. The van der Waals surface area contributed by atoms with Crippen LogP contribution in [0.4, 0.5) is 11.4 Å². The van der Waals surface area contributed by atoms with Crippen LogP contribution in [0.15, 0.2) is 48.5 Å². The lowest BCUT2D eigenvalue weighted by molar-refractivity contribution is 0.0582. The summed E-state index contributed by atoms with van der Waals surface area (Å²) in [5.74, 6) is 0.963. The van der Waals surface area contributed by atoms with Gasteiger partial charge in [-0.15, -0.1) is 0 Å². The molecule has 3 heteroatoms. The lowest BCUT2D eigenvalue weighted by Crippen LogP contribution is -2.58. The van der Waals surface area contributed by atoms with Crippen LogP contribution in [0, 0.1) is 0 Å². The topological polar surface area (TPSA) is 15.7 Å². The minimum Gasteiger partial charge on any atom is -0.463 e. The van der Waals surface area contributed by atoms with Crippen molar-refractivity contribution < 1.29 is 4.74 Å². The van der Waals surface area contributed by atoms with E-state index in [-0.39, 0.29) is 5.41 Å². The number of hydrogen-bond acceptors (Lipinski definition) is 3. The third kappa shape index (κ3) is 2.13. The van der Waals surface area contributed by atoms with Crippen LogP contribution >= 0.6 is 0 Å². The Labute approximate surface area is 156 Å². The van der Waals surface area contributed by atoms with Crippen molar-refractivity contribution in [2.24, 2.45) is 0 Å². The van der Waals surface area contributed by atoms with E-state index in [1.165, 1.54) is 16.9 Å². The number of rotatable bonds is 3. The monoisotopic (exact) mass is 348 g/mol. The van der Waals surface area contributed by atoms with E-state index in [1.54, 1.807) is 0 Å². The van der Waals surface area contributed by atoms with E-state index in [0.717, 1.165) is 24.4 Å². The predicted molar refractivity (Wildman–Crippen MR) is 110 cm³/mol. The first-order chi connectivity index (χ1) is 12.4. The summed E-state index contributed by atoms with van der Waals surface area (Å²) in [7, 11) is 2.14. The minimum atomic E-state index is -0.508. The van der Waals surface area contributed by atoms with E-state index in [4.69, 9.17) is 4.74 Å². The van der Waals surface area contributed by atoms with Gasteiger partial charge in [-0.3, -0.25) is 0 Å². The molecular formula is C23H28N2O. The molecule has 0 aromatic heterocycles. The van der Waals surface area contributed by atoms with Gasteiger partial charge in [0.05, 0.1) is 5.41 Å². The summed E-state index contributed by atoms with van der Waals surface area (Å²) in [4.78, 5) is 4.64. The van der Waals surface area contributed by atoms with Crippen molar-refractivity contribution in [2.75, 3.05) is 29.9 Å². The van der Waals surface area contributed by atoms with E-state index in [0.29, 0.717) is 0 Å². The van der Waals surface area contributed by atoms with Crippen LogP contribution in [0.3, 0.4) is 0 Å². The quantitative estimate of drug-likeness (QED) is 0.771. The largest absolute Gasteiger partial charge is 0.463 e. The highest BCUT2D eigenvalue weighted by Crippen LogP contribution is 2.54. The van der Waals surface area contributed by atoms with E-state index < -0.39 is 5.72 Å². The SMILES string of the molecule is CCN(CC)c1ccc2c(c1)O[C@]1(C=C2)N(C)c2ccccc2C1(C)C. The molecule has 0 aliphatic carbocycles. The zero-order chi connectivity index (χ0) is 18.5. The Morgan fingerprint density at radius 3 is 2.46 bits per heavy atom. The smallest absolute Gasteiger partial charge is 0.211 e. The summed E-state index contributed by atoms with van der Waals surface area (Å²) in [5.41, 5.74) is 4.27. The lowest BCUT2D eigenvalue weighted by atomic mass is 9.76. The summed E-state index contributed by atoms with van der Waals surface area (Å²) >= 11 is 0. The second-order valence-corrected chi connectivity index (χ2v) is 7.73. The van der Waals surface area contributed by atoms with Gasteiger partial charge in [-0.25, -0.2) is 0 Å². The van der Waals surface area contributed by atoms with Gasteiger partial charge in [0.1, 0.15) is 5.75 Å². The molecule has 2 heterocycles. The zero-order valence-electron chi connectivity index (χ0n) is 16.4. The highest BCUT2D eigenvalue weighted by atomic mass is 16.5. The number of para-hydroxylation sites is 1. The fourth-order valence-electron chi connectivity index (χ4n) is 4.54. The number of ether oxygens (including phenoxy) is 1. The molecule has 0 radical (unpaired) electrons. The first kappa shape index (κ1) is 17.0. The molecule has 0 saturated carbocycles. The maximum atomic E-state index is 6.78. The van der Waals surface area contributed by atoms with Crippen LogP contribution in [-0.2, 0) is 5.41 Å². The number of nitrogens with zero attached hydrogens (tertiary/aromatic N) is 2. The van der Waals surface area contributed by atoms with Crippen molar-refractivity contribution in [3.63, 3.8) is 0 Å². The molecule has 3 nitrogen and oxygen atoms in total. The van der Waals surface area contributed by atoms with Crippen LogP contribution in [0.2, 0.25) is 0 Å². The van der Waals surface area contributed by atoms with Gasteiger partial charge in [-0.05, 0) is 63.6 Å². The number of likely N-dealkylation sites (N-methyl/N-ethyl adjacent to an activating group) is 1. The average molecular weight is 348 g/mol. The van der Waals surface area contributed by atoms with Crippen molar-refractivity contribution in [1.82, 2.24) is 0 Å². The summed E-state index contributed by atoms with van der Waals surface area (Å²) in [6, 6.07) is 15.2. The van der Waals surface area contributed by atoms with Gasteiger partial charge >= 0.3 is 0 Å². The summed E-state index contributed by atoms with van der Waals surface area (Å²) < 4.78 is 6.78. The molecule has 2 aromatic carbocycles. The predicted octanol–water partition coefficient (Wildman–Crippen LogP) is 5.06. The highest BCUT2D eigenvalue weighted by molar-refractivity contribution is 5.73. The van der Waals surface area contributed by atoms with Crippen molar-refractivity contribution in [3.05, 3.63) is 59.7 Å². The maximum absolute atomic E-state index is 6.78. The molecule has 1 spiro atoms. The van der Waals surface area contributed by atoms with Crippen LogP contribution in [0.25, 0.3) is 6.08 Å². The summed E-state index contributed by atoms with van der Waals surface area (Å²) in [5, 5.41) is 0. The van der Waals surface area contributed by atoms with Gasteiger partial charge in [0.25, 0.3) is 0 Å². The molecule has 0 unspecified atom stereocenters. The number of fused-ring (bicyclic) bond motifs is 2. The highest BCUT2D eigenvalue weighted by Gasteiger charge is 2.57. The van der Waals surface area contributed by atoms with Crippen LogP contribution in [0.5, 0.6) is 5.75 Å². The Bertz CT molecular complexity index is 866. The maximum Gasteiger partial charge on any atom is 0.211 e. The molecule has 0 fully saturated rings. The van der Waals surface area contributed by atoms with Crippen molar-refractivity contribution >= 4 is 17.5 Å². The normalized spacial score (nSPS) is 22.1. The van der Waals surface area contributed by atoms with Crippen molar-refractivity contribution in [2.45, 2.75) is 38.8 Å². The molecule has 2 aliphatic rings. The fourth-order valence-corrected chi connectivity index (χ4v) is 4.54. The Morgan fingerprint density at radius 1 is 1.04 bits per heavy atom. The van der Waals surface area contributed by atoms with Gasteiger partial charge in [-0.1, -0.05) is 18.2 Å². The van der Waals surface area contributed by atoms with Crippen LogP contribution < -0.4 is 14.5 Å². The third-order valence-electron chi connectivity index (χ3n) is 6.21. The van der Waals surface area contributed by atoms with Gasteiger partial charge in [0, 0.05) is 43.1 Å². The van der Waals surface area contributed by atoms with E-state index in [9.17, 15) is 0 Å². The summed E-state index contributed by atoms with van der Waals surface area (Å²) in [6.45, 7) is 10.9. The Morgan fingerprint density at radius 2 is 1.77 bits per heavy atom. The van der Waals surface area contributed by atoms with Crippen molar-refractivity contribution in [1.29, 1.82) is 0 Å². The van der Waals surface area contributed by atoms with E-state index >= 15 is 0 Å². The van der Waals surface area contributed by atoms with Crippen LogP contribution in [0.1, 0.15) is 38.8 Å². The zero-order valence-corrected chi connectivity index (χ0v) is 16.4. The first-order valence-corrected chi connectivity index (χ1v) is 9.55. The Balaban J connectivity index is 1.80. The molecule has 2 aliphatic heterocycles. The Kier molecular flexibility index (Phi) is 3.80. The lowest BCUT2D eigenvalue weighted by Gasteiger charge is -2.46.